The minimum Gasteiger partial charge on any atom is -0.480 e. The monoisotopic (exact) mass is 950 g/mol. The number of carbonyl (C=O) groups is 3. The van der Waals surface area contributed by atoms with Crippen LogP contribution >= 0.6 is 0 Å². The van der Waals surface area contributed by atoms with Gasteiger partial charge in [-0.15, -0.1) is 0 Å². The Morgan fingerprint density at radius 2 is 1.58 bits per heavy atom. The molecule has 14 nitrogen and oxygen atoms in total. The summed E-state index contributed by atoms with van der Waals surface area (Å²) in [6.07, 6.45) is 18.2. The van der Waals surface area contributed by atoms with Crippen LogP contribution in [0.3, 0.4) is 0 Å². The van der Waals surface area contributed by atoms with Gasteiger partial charge in [0.15, 0.2) is 0 Å². The van der Waals surface area contributed by atoms with E-state index in [-0.39, 0.29) is 17.3 Å². The zero-order chi connectivity index (χ0) is 49.4. The van der Waals surface area contributed by atoms with Crippen LogP contribution in [0.1, 0.15) is 129 Å². The van der Waals surface area contributed by atoms with Gasteiger partial charge in [-0.05, 0) is 125 Å². The number of halogens is 3. The number of unbranched alkanes of at least 4 members (excludes halogenated alkanes) is 6. The first-order valence-corrected chi connectivity index (χ1v) is 23.6. The van der Waals surface area contributed by atoms with Gasteiger partial charge in [0.05, 0.1) is 23.0 Å². The summed E-state index contributed by atoms with van der Waals surface area (Å²) in [5.74, 6) is -1.36. The number of aromatic amines is 1. The second-order valence-electron chi connectivity index (χ2n) is 18.1. The zero-order valence-electron chi connectivity index (χ0n) is 39.1. The predicted octanol–water partition coefficient (Wildman–Crippen LogP) is 10.1. The molecule has 0 spiro atoms. The molecule has 1 saturated carbocycles. The molecule has 69 heavy (non-hydrogen) atoms. The summed E-state index contributed by atoms with van der Waals surface area (Å²) in [7, 11) is 0. The number of aryl methyl sites for hydroxylation is 1. The molecule has 4 aromatic heterocycles. The summed E-state index contributed by atoms with van der Waals surface area (Å²) in [5.41, 5.74) is 1.82. The minimum absolute atomic E-state index is 0.260. The van der Waals surface area contributed by atoms with Crippen LogP contribution in [-0.2, 0) is 29.5 Å². The predicted molar refractivity (Wildman–Crippen MR) is 260 cm³/mol. The number of pyridine rings is 3. The first-order valence-electron chi connectivity index (χ1n) is 23.6. The van der Waals surface area contributed by atoms with Gasteiger partial charge < -0.3 is 30.7 Å². The molecule has 6 aromatic rings. The van der Waals surface area contributed by atoms with E-state index in [1.807, 2.05) is 24.3 Å². The number of hydrogen-bond donors (Lipinski definition) is 6. The van der Waals surface area contributed by atoms with Crippen LogP contribution < -0.4 is 21.5 Å². The Morgan fingerprint density at radius 1 is 0.826 bits per heavy atom. The fraction of sp³-hybridized carbons (Fsp3) is 0.404. The molecule has 1 aliphatic rings. The molecule has 0 aliphatic heterocycles. The van der Waals surface area contributed by atoms with Crippen molar-refractivity contribution < 1.29 is 37.8 Å². The number of H-pyrrole nitrogens is 1. The number of nitrogens with one attached hydrogen (secondary N) is 4. The number of carboxylic acids is 1. The molecule has 0 atom stereocenters. The summed E-state index contributed by atoms with van der Waals surface area (Å²) in [4.78, 5) is 56.3. The molecule has 0 bridgehead atoms. The zero-order valence-corrected chi connectivity index (χ0v) is 39.1. The highest BCUT2D eigenvalue weighted by Crippen LogP contribution is 2.33. The summed E-state index contributed by atoms with van der Waals surface area (Å²) in [6.45, 7) is 4.94. The Balaban J connectivity index is 0.000000256. The van der Waals surface area contributed by atoms with Crippen molar-refractivity contribution in [3.8, 4) is 11.1 Å². The minimum atomic E-state index is -4.65. The van der Waals surface area contributed by atoms with E-state index in [9.17, 15) is 37.5 Å². The molecule has 7 rings (SSSR count). The van der Waals surface area contributed by atoms with Gasteiger partial charge in [0.1, 0.15) is 17.9 Å². The summed E-state index contributed by atoms with van der Waals surface area (Å²) in [6, 6.07) is 18.8. The number of aliphatic hydroxyl groups is 1. The lowest BCUT2D eigenvalue weighted by atomic mass is 9.89. The number of carboxylic acid groups (broad SMARTS) is 1. The van der Waals surface area contributed by atoms with Gasteiger partial charge in [0, 0.05) is 52.4 Å². The maximum Gasteiger partial charge on any atom is 0.433 e. The molecule has 6 N–H and O–H groups in total. The van der Waals surface area contributed by atoms with Crippen molar-refractivity contribution in [1.82, 2.24) is 30.0 Å². The summed E-state index contributed by atoms with van der Waals surface area (Å²) in [5, 5.41) is 35.7. The third-order valence-corrected chi connectivity index (χ3v) is 12.0. The van der Waals surface area contributed by atoms with Crippen molar-refractivity contribution in [3.63, 3.8) is 0 Å². The standard InChI is InChI=1S/C35H46N4O4.C17H15F3N4O2/c40-33-17-16-32(25-39(33)26-34(41)42)38-35(43)31-21-28(20-30(22-31)29-15-11-19-37-24-29)14-7-4-2-1-3-5-10-18-36-23-27-12-8-6-9-13-27;1-16(2,26)10-7-12-9(8-21-24-12)6-13(10)23-15(25)11-4-3-5-14(22-11)17(18,19)20/h11,15-17,19-22,24-25,27,36H,1-10,12-14,18,23,26H2,(H,38,43)(H,41,42);3-8,26H,1-2H3,(H,21,24)(H,23,25). The van der Waals surface area contributed by atoms with Crippen LogP contribution in [0.25, 0.3) is 22.0 Å². The Bertz CT molecular complexity index is 2710. The number of carbonyl (C=O) groups excluding carboxylic acids is 2. The number of alkyl halides is 3. The van der Waals surface area contributed by atoms with Gasteiger partial charge >= 0.3 is 12.1 Å². The fourth-order valence-electron chi connectivity index (χ4n) is 8.41. The molecule has 0 unspecified atom stereocenters. The second-order valence-corrected chi connectivity index (χ2v) is 18.1. The molecule has 17 heteroatoms. The first-order chi connectivity index (χ1) is 33.0. The number of anilines is 2. The number of fused-ring (bicyclic) bond motifs is 1. The maximum absolute atomic E-state index is 13.3. The lowest BCUT2D eigenvalue weighted by Gasteiger charge is -2.22. The Morgan fingerprint density at radius 3 is 2.29 bits per heavy atom. The average Bonchev–Trinajstić information content (AvgIpc) is 3.79. The van der Waals surface area contributed by atoms with Gasteiger partial charge in [-0.25, -0.2) is 4.98 Å². The van der Waals surface area contributed by atoms with Gasteiger partial charge in [-0.1, -0.05) is 69.6 Å². The SMILES string of the molecule is CC(C)(O)c1cc2[nH]ncc2cc1NC(=O)c1cccc(C(F)(F)F)n1.O=C(O)Cn1cc(NC(=O)c2cc(CCCCCCCCCNCC3CCCCC3)cc(-c3cccnc3)c2)ccc1=O. The van der Waals surface area contributed by atoms with Crippen LogP contribution in [0.15, 0.2) is 102 Å². The average molecular weight is 951 g/mol. The summed E-state index contributed by atoms with van der Waals surface area (Å²) >= 11 is 0. The van der Waals surface area contributed by atoms with Crippen LogP contribution in [0.2, 0.25) is 0 Å². The third kappa shape index (κ3) is 15.9. The molecule has 366 valence electrons. The highest BCUT2D eigenvalue weighted by atomic mass is 19.4. The normalized spacial score (nSPS) is 13.1. The first kappa shape index (κ1) is 51.7. The van der Waals surface area contributed by atoms with Crippen molar-refractivity contribution in [2.45, 2.75) is 116 Å². The van der Waals surface area contributed by atoms with Crippen LogP contribution in [0.5, 0.6) is 0 Å². The molecule has 2 amide bonds. The fourth-order valence-corrected chi connectivity index (χ4v) is 8.41. The number of rotatable bonds is 20. The van der Waals surface area contributed by atoms with E-state index >= 15 is 0 Å². The van der Waals surface area contributed by atoms with Crippen LogP contribution in [0, 0.1) is 5.92 Å². The Labute approximate surface area is 399 Å². The smallest absolute Gasteiger partial charge is 0.433 e. The number of nitrogens with zero attached hydrogens (tertiary/aromatic N) is 4. The highest BCUT2D eigenvalue weighted by molar-refractivity contribution is 6.05. The molecule has 0 saturated heterocycles. The number of aliphatic carboxylic acids is 1. The van der Waals surface area contributed by atoms with Crippen molar-refractivity contribution in [1.29, 1.82) is 0 Å². The lowest BCUT2D eigenvalue weighted by Crippen LogP contribution is -2.25. The van der Waals surface area contributed by atoms with Gasteiger partial charge in [0.2, 0.25) is 0 Å². The van der Waals surface area contributed by atoms with E-state index in [1.165, 1.54) is 115 Å². The number of hydrogen-bond acceptors (Lipinski definition) is 9. The maximum atomic E-state index is 13.3. The molecule has 0 radical (unpaired) electrons. The highest BCUT2D eigenvalue weighted by Gasteiger charge is 2.33. The van der Waals surface area contributed by atoms with Crippen molar-refractivity contribution in [3.05, 3.63) is 136 Å². The van der Waals surface area contributed by atoms with E-state index in [1.54, 1.807) is 24.5 Å². The quantitative estimate of drug-likeness (QED) is 0.0400. The number of amides is 2. The second kappa shape index (κ2) is 24.5. The van der Waals surface area contributed by atoms with Crippen molar-refractivity contribution >= 4 is 40.1 Å². The van der Waals surface area contributed by atoms with Crippen molar-refractivity contribution in [2.75, 3.05) is 23.7 Å². The number of benzene rings is 2. The van der Waals surface area contributed by atoms with E-state index in [2.05, 4.69) is 42.2 Å². The van der Waals surface area contributed by atoms with Gasteiger partial charge in [-0.2, -0.15) is 18.3 Å². The molecule has 1 aliphatic carbocycles. The molecule has 4 heterocycles. The van der Waals surface area contributed by atoms with Crippen LogP contribution in [0.4, 0.5) is 24.5 Å². The number of aromatic nitrogens is 5. The molecule has 2 aromatic carbocycles. The Kier molecular flexibility index (Phi) is 18.4. The van der Waals surface area contributed by atoms with E-state index in [0.717, 1.165) is 65.1 Å². The molecular formula is C52H61F3N8O6. The van der Waals surface area contributed by atoms with Gasteiger partial charge in [0.25, 0.3) is 17.4 Å². The van der Waals surface area contributed by atoms with E-state index in [4.69, 9.17) is 5.11 Å². The largest absolute Gasteiger partial charge is 0.480 e. The van der Waals surface area contributed by atoms with E-state index < -0.39 is 41.5 Å². The topological polar surface area (TPSA) is 204 Å². The molecular weight excluding hydrogens is 890 g/mol. The Hall–Kier alpha value is -6.72. The third-order valence-electron chi connectivity index (χ3n) is 12.0. The molecule has 1 fully saturated rings. The van der Waals surface area contributed by atoms with Crippen molar-refractivity contribution in [2.24, 2.45) is 5.92 Å². The van der Waals surface area contributed by atoms with E-state index in [0.29, 0.717) is 27.7 Å². The summed E-state index contributed by atoms with van der Waals surface area (Å²) < 4.78 is 39.4. The van der Waals surface area contributed by atoms with Crippen LogP contribution in [-0.4, -0.2) is 65.8 Å². The van der Waals surface area contributed by atoms with Gasteiger partial charge in [-0.3, -0.25) is 29.3 Å². The lowest BCUT2D eigenvalue weighted by molar-refractivity contribution is -0.141.